The molecule has 0 amide bonds. The van der Waals surface area contributed by atoms with E-state index in [2.05, 4.69) is 10.2 Å². The van der Waals surface area contributed by atoms with Crippen molar-refractivity contribution >= 4 is 11.6 Å². The molecule has 0 saturated heterocycles. The van der Waals surface area contributed by atoms with Crippen LogP contribution in [0, 0.1) is 0 Å². The van der Waals surface area contributed by atoms with Gasteiger partial charge in [-0.3, -0.25) is 0 Å². The highest BCUT2D eigenvalue weighted by Crippen LogP contribution is 2.31. The van der Waals surface area contributed by atoms with Crippen LogP contribution in [-0.2, 0) is 6.42 Å². The molecule has 0 bridgehead atoms. The van der Waals surface area contributed by atoms with E-state index < -0.39 is 0 Å². The minimum atomic E-state index is 0.0776. The molecule has 2 heterocycles. The van der Waals surface area contributed by atoms with Gasteiger partial charge in [0.2, 0.25) is 5.89 Å². The summed E-state index contributed by atoms with van der Waals surface area (Å²) >= 11 is 5.60. The van der Waals surface area contributed by atoms with E-state index in [0.29, 0.717) is 12.5 Å². The van der Waals surface area contributed by atoms with E-state index in [1.54, 1.807) is 0 Å². The number of rotatable bonds is 1. The topological polar surface area (TPSA) is 48.2 Å². The summed E-state index contributed by atoms with van der Waals surface area (Å²) in [4.78, 5) is 0. The first-order valence-electron chi connectivity index (χ1n) is 5.02. The normalized spacial score (nSPS) is 18.9. The Bertz CT molecular complexity index is 512. The van der Waals surface area contributed by atoms with Crippen molar-refractivity contribution in [2.45, 2.75) is 12.3 Å². The lowest BCUT2D eigenvalue weighted by Gasteiger charge is -2.22. The third-order valence-corrected chi connectivity index (χ3v) is 2.80. The van der Waals surface area contributed by atoms with Gasteiger partial charge in [-0.2, -0.15) is 0 Å². The highest BCUT2D eigenvalue weighted by molar-refractivity contribution is 6.27. The van der Waals surface area contributed by atoms with Gasteiger partial charge >= 0.3 is 5.35 Å². The van der Waals surface area contributed by atoms with Gasteiger partial charge in [-0.15, -0.1) is 5.10 Å². The molecule has 0 spiro atoms. The lowest BCUT2D eigenvalue weighted by molar-refractivity contribution is 0.241. The van der Waals surface area contributed by atoms with Crippen LogP contribution < -0.4 is 4.74 Å². The average molecular weight is 237 g/mol. The van der Waals surface area contributed by atoms with Gasteiger partial charge in [-0.1, -0.05) is 23.3 Å². The quantitative estimate of drug-likeness (QED) is 0.763. The van der Waals surface area contributed by atoms with E-state index in [0.717, 1.165) is 17.7 Å². The number of ether oxygens (including phenoxy) is 1. The third-order valence-electron chi connectivity index (χ3n) is 2.64. The second-order valence-corrected chi connectivity index (χ2v) is 4.04. The summed E-state index contributed by atoms with van der Waals surface area (Å²) in [5.74, 6) is 1.57. The zero-order valence-corrected chi connectivity index (χ0v) is 9.15. The second-order valence-electron chi connectivity index (χ2n) is 3.71. The van der Waals surface area contributed by atoms with Crippen molar-refractivity contribution in [3.63, 3.8) is 0 Å². The number of halogens is 1. The molecule has 5 heteroatoms. The zero-order chi connectivity index (χ0) is 11.0. The number of hydrogen-bond acceptors (Lipinski definition) is 4. The molecule has 16 heavy (non-hydrogen) atoms. The largest absolute Gasteiger partial charge is 0.492 e. The molecule has 4 nitrogen and oxygen atoms in total. The number of aromatic nitrogens is 2. The Labute approximate surface area is 97.2 Å². The summed E-state index contributed by atoms with van der Waals surface area (Å²) in [5.41, 5.74) is 1.16. The van der Waals surface area contributed by atoms with Crippen molar-refractivity contribution in [3.05, 3.63) is 41.1 Å². The fourth-order valence-electron chi connectivity index (χ4n) is 1.87. The van der Waals surface area contributed by atoms with Crippen LogP contribution in [0.1, 0.15) is 17.4 Å². The summed E-state index contributed by atoms with van der Waals surface area (Å²) in [7, 11) is 0. The van der Waals surface area contributed by atoms with E-state index in [9.17, 15) is 0 Å². The molecule has 1 aromatic carbocycles. The first-order valence-corrected chi connectivity index (χ1v) is 5.40. The molecule has 1 aliphatic heterocycles. The molecule has 1 aromatic heterocycles. The second kappa shape index (κ2) is 3.79. The average Bonchev–Trinajstić information content (AvgIpc) is 2.75. The number of hydrogen-bond donors (Lipinski definition) is 0. The van der Waals surface area contributed by atoms with Gasteiger partial charge in [-0.05, 0) is 29.7 Å². The van der Waals surface area contributed by atoms with Gasteiger partial charge in [0.05, 0.1) is 5.92 Å². The van der Waals surface area contributed by atoms with Crippen LogP contribution in [0.5, 0.6) is 5.75 Å². The minimum absolute atomic E-state index is 0.0776. The lowest BCUT2D eigenvalue weighted by Crippen LogP contribution is -2.19. The van der Waals surface area contributed by atoms with Gasteiger partial charge in [0, 0.05) is 0 Å². The highest BCUT2D eigenvalue weighted by atomic mass is 35.5. The van der Waals surface area contributed by atoms with Crippen molar-refractivity contribution < 1.29 is 9.15 Å². The van der Waals surface area contributed by atoms with Gasteiger partial charge in [0.25, 0.3) is 0 Å². The Morgan fingerprint density at radius 3 is 2.94 bits per heavy atom. The van der Waals surface area contributed by atoms with E-state index in [-0.39, 0.29) is 11.3 Å². The molecule has 1 unspecified atom stereocenters. The van der Waals surface area contributed by atoms with Crippen molar-refractivity contribution in [1.29, 1.82) is 0 Å². The molecule has 0 aliphatic carbocycles. The molecule has 3 rings (SSSR count). The number of nitrogens with zero attached hydrogens (tertiary/aromatic N) is 2. The highest BCUT2D eigenvalue weighted by Gasteiger charge is 2.25. The van der Waals surface area contributed by atoms with E-state index >= 15 is 0 Å². The molecule has 0 fully saturated rings. The summed E-state index contributed by atoms with van der Waals surface area (Å²) in [5, 5.41) is 7.60. The first-order chi connectivity index (χ1) is 7.83. The van der Waals surface area contributed by atoms with Crippen molar-refractivity contribution in [2.24, 2.45) is 0 Å². The predicted molar refractivity (Wildman–Crippen MR) is 57.7 cm³/mol. The van der Waals surface area contributed by atoms with Crippen LogP contribution in [-0.4, -0.2) is 16.8 Å². The molecule has 2 aromatic rings. The maximum Gasteiger partial charge on any atom is 0.312 e. The maximum atomic E-state index is 5.63. The SMILES string of the molecule is Clc1nnc(C2COc3ccccc3C2)o1. The van der Waals surface area contributed by atoms with Crippen LogP contribution in [0.15, 0.2) is 28.7 Å². The molecule has 1 aliphatic rings. The predicted octanol–water partition coefficient (Wildman–Crippen LogP) is 2.44. The molecular weight excluding hydrogens is 228 g/mol. The third kappa shape index (κ3) is 1.65. The van der Waals surface area contributed by atoms with E-state index in [1.807, 2.05) is 24.3 Å². The standard InChI is InChI=1S/C11H9ClN2O2/c12-11-14-13-10(16-11)8-5-7-3-1-2-4-9(7)15-6-8/h1-4,8H,5-6H2. The van der Waals surface area contributed by atoms with Crippen molar-refractivity contribution in [2.75, 3.05) is 6.61 Å². The van der Waals surface area contributed by atoms with E-state index in [4.69, 9.17) is 20.8 Å². The monoisotopic (exact) mass is 236 g/mol. The van der Waals surface area contributed by atoms with E-state index in [1.165, 1.54) is 0 Å². The maximum absolute atomic E-state index is 5.63. The Morgan fingerprint density at radius 1 is 1.25 bits per heavy atom. The van der Waals surface area contributed by atoms with Crippen LogP contribution in [0.25, 0.3) is 0 Å². The summed E-state index contributed by atoms with van der Waals surface area (Å²) in [6.45, 7) is 0.551. The molecule has 0 N–H and O–H groups in total. The van der Waals surface area contributed by atoms with Crippen LogP contribution in [0.2, 0.25) is 5.35 Å². The zero-order valence-electron chi connectivity index (χ0n) is 8.39. The Balaban J connectivity index is 1.88. The molecule has 1 atom stereocenters. The Kier molecular flexibility index (Phi) is 2.29. The van der Waals surface area contributed by atoms with Gasteiger partial charge in [0.1, 0.15) is 12.4 Å². The number of fused-ring (bicyclic) bond motifs is 1. The molecular formula is C11H9ClN2O2. The summed E-state index contributed by atoms with van der Waals surface area (Å²) in [6.07, 6.45) is 0.842. The Hall–Kier alpha value is -1.55. The minimum Gasteiger partial charge on any atom is -0.492 e. The number of benzene rings is 1. The smallest absolute Gasteiger partial charge is 0.312 e. The first kappa shape index (κ1) is 9.66. The van der Waals surface area contributed by atoms with Crippen LogP contribution >= 0.6 is 11.6 Å². The van der Waals surface area contributed by atoms with Crippen molar-refractivity contribution in [3.8, 4) is 5.75 Å². The van der Waals surface area contributed by atoms with Crippen LogP contribution in [0.3, 0.4) is 0 Å². The fourth-order valence-corrected chi connectivity index (χ4v) is 1.98. The Morgan fingerprint density at radius 2 is 2.12 bits per heavy atom. The molecule has 0 radical (unpaired) electrons. The van der Waals surface area contributed by atoms with Gasteiger partial charge < -0.3 is 9.15 Å². The summed E-state index contributed by atoms with van der Waals surface area (Å²) < 4.78 is 10.8. The van der Waals surface area contributed by atoms with Crippen molar-refractivity contribution in [1.82, 2.24) is 10.2 Å². The lowest BCUT2D eigenvalue weighted by atomic mass is 9.97. The van der Waals surface area contributed by atoms with Crippen LogP contribution in [0.4, 0.5) is 0 Å². The fraction of sp³-hybridized carbons (Fsp3) is 0.273. The summed E-state index contributed by atoms with van der Waals surface area (Å²) in [6, 6.07) is 7.96. The number of para-hydroxylation sites is 1. The molecule has 82 valence electrons. The molecule has 0 saturated carbocycles. The van der Waals surface area contributed by atoms with Gasteiger partial charge in [0.15, 0.2) is 0 Å². The van der Waals surface area contributed by atoms with Gasteiger partial charge in [-0.25, -0.2) is 0 Å².